The highest BCUT2D eigenvalue weighted by Gasteiger charge is 2.46. The summed E-state index contributed by atoms with van der Waals surface area (Å²) >= 11 is 6.08. The molecule has 0 bridgehead atoms. The normalized spacial score (nSPS) is 17.1. The van der Waals surface area contributed by atoms with Crippen LogP contribution in [0.25, 0.3) is 5.76 Å². The van der Waals surface area contributed by atoms with Gasteiger partial charge >= 0.3 is 0 Å². The quantitative estimate of drug-likeness (QED) is 0.281. The Morgan fingerprint density at radius 1 is 1.00 bits per heavy atom. The molecule has 1 amide bonds. The first-order chi connectivity index (χ1) is 16.4. The van der Waals surface area contributed by atoms with Gasteiger partial charge in [-0.15, -0.1) is 0 Å². The zero-order valence-electron chi connectivity index (χ0n) is 18.8. The first-order valence-electron chi connectivity index (χ1n) is 10.8. The summed E-state index contributed by atoms with van der Waals surface area (Å²) in [5.74, 6) is -0.431. The summed E-state index contributed by atoms with van der Waals surface area (Å²) in [5, 5.41) is 11.7. The van der Waals surface area contributed by atoms with Crippen molar-refractivity contribution in [3.63, 3.8) is 0 Å². The SMILES string of the molecule is CCOc1cccc(/C(O)=C2/C(=O)C(=O)N(Cc3ccc(OC)cc3)C2c2ccc(Cl)cc2)c1. The predicted molar refractivity (Wildman–Crippen MR) is 130 cm³/mol. The second-order valence-corrected chi connectivity index (χ2v) is 8.22. The lowest BCUT2D eigenvalue weighted by molar-refractivity contribution is -0.140. The molecule has 1 unspecified atom stereocenters. The third-order valence-corrected chi connectivity index (χ3v) is 5.91. The van der Waals surface area contributed by atoms with E-state index in [1.165, 1.54) is 4.90 Å². The molecule has 1 heterocycles. The number of Topliss-reactive ketones (excluding diaryl/α,β-unsaturated/α-hetero) is 1. The van der Waals surface area contributed by atoms with E-state index in [1.54, 1.807) is 67.8 Å². The van der Waals surface area contributed by atoms with Crippen LogP contribution < -0.4 is 9.47 Å². The summed E-state index contributed by atoms with van der Waals surface area (Å²) in [4.78, 5) is 27.8. The van der Waals surface area contributed by atoms with E-state index in [0.717, 1.165) is 5.56 Å². The van der Waals surface area contributed by atoms with E-state index in [0.29, 0.717) is 34.3 Å². The predicted octanol–water partition coefficient (Wildman–Crippen LogP) is 5.37. The largest absolute Gasteiger partial charge is 0.507 e. The van der Waals surface area contributed by atoms with Crippen molar-refractivity contribution >= 4 is 29.1 Å². The first kappa shape index (κ1) is 23.4. The highest BCUT2D eigenvalue weighted by atomic mass is 35.5. The van der Waals surface area contributed by atoms with Crippen LogP contribution in [0.1, 0.15) is 29.7 Å². The van der Waals surface area contributed by atoms with E-state index >= 15 is 0 Å². The van der Waals surface area contributed by atoms with Gasteiger partial charge < -0.3 is 19.5 Å². The molecule has 1 saturated heterocycles. The number of hydrogen-bond acceptors (Lipinski definition) is 5. The lowest BCUT2D eigenvalue weighted by Crippen LogP contribution is -2.29. The van der Waals surface area contributed by atoms with Gasteiger partial charge in [0.1, 0.15) is 17.3 Å². The van der Waals surface area contributed by atoms with Crippen molar-refractivity contribution in [1.82, 2.24) is 4.90 Å². The Bertz CT molecular complexity index is 1230. The number of carbonyl (C=O) groups is 2. The Morgan fingerprint density at radius 2 is 1.71 bits per heavy atom. The molecule has 1 fully saturated rings. The van der Waals surface area contributed by atoms with Gasteiger partial charge in [0.05, 0.1) is 25.3 Å². The zero-order valence-corrected chi connectivity index (χ0v) is 19.6. The third-order valence-electron chi connectivity index (χ3n) is 5.66. The summed E-state index contributed by atoms with van der Waals surface area (Å²) in [5.41, 5.74) is 1.90. The van der Waals surface area contributed by atoms with Crippen LogP contribution in [0.4, 0.5) is 0 Å². The van der Waals surface area contributed by atoms with Gasteiger partial charge in [-0.1, -0.05) is 48.0 Å². The van der Waals surface area contributed by atoms with Crippen molar-refractivity contribution < 1.29 is 24.2 Å². The monoisotopic (exact) mass is 477 g/mol. The number of hydrogen-bond donors (Lipinski definition) is 1. The zero-order chi connectivity index (χ0) is 24.2. The number of ketones is 1. The van der Waals surface area contributed by atoms with Gasteiger partial charge in [-0.3, -0.25) is 9.59 Å². The lowest BCUT2D eigenvalue weighted by atomic mass is 9.95. The Hall–Kier alpha value is -3.77. The van der Waals surface area contributed by atoms with Gasteiger partial charge in [0.15, 0.2) is 0 Å². The van der Waals surface area contributed by atoms with Crippen molar-refractivity contribution in [3.05, 3.63) is 100 Å². The van der Waals surface area contributed by atoms with Crippen LogP contribution in [0.15, 0.2) is 78.4 Å². The molecule has 4 rings (SSSR count). The number of carbonyl (C=O) groups excluding carboxylic acids is 2. The number of methoxy groups -OCH3 is 1. The number of halogens is 1. The maximum Gasteiger partial charge on any atom is 0.295 e. The fourth-order valence-electron chi connectivity index (χ4n) is 4.02. The summed E-state index contributed by atoms with van der Waals surface area (Å²) in [6, 6.07) is 20.2. The van der Waals surface area contributed by atoms with Gasteiger partial charge in [0, 0.05) is 17.1 Å². The molecule has 6 nitrogen and oxygen atoms in total. The van der Waals surface area contributed by atoms with E-state index in [2.05, 4.69) is 0 Å². The molecule has 1 aliphatic rings. The molecule has 174 valence electrons. The molecular weight excluding hydrogens is 454 g/mol. The molecular formula is C27H24ClNO5. The topological polar surface area (TPSA) is 76.1 Å². The van der Waals surface area contributed by atoms with E-state index < -0.39 is 17.7 Å². The molecule has 3 aromatic carbocycles. The third kappa shape index (κ3) is 4.63. The minimum atomic E-state index is -0.782. The van der Waals surface area contributed by atoms with Crippen molar-refractivity contribution in [2.24, 2.45) is 0 Å². The smallest absolute Gasteiger partial charge is 0.295 e. The van der Waals surface area contributed by atoms with Gasteiger partial charge in [-0.05, 0) is 54.4 Å². The molecule has 0 radical (unpaired) electrons. The summed E-state index contributed by atoms with van der Waals surface area (Å²) < 4.78 is 10.7. The second-order valence-electron chi connectivity index (χ2n) is 7.79. The minimum Gasteiger partial charge on any atom is -0.507 e. The molecule has 0 spiro atoms. The van der Waals surface area contributed by atoms with Crippen LogP contribution >= 0.6 is 11.6 Å². The number of ether oxygens (including phenoxy) is 2. The fourth-order valence-corrected chi connectivity index (χ4v) is 4.14. The highest BCUT2D eigenvalue weighted by Crippen LogP contribution is 2.41. The van der Waals surface area contributed by atoms with Crippen LogP contribution in [0, 0.1) is 0 Å². The number of aliphatic hydroxyl groups excluding tert-OH is 1. The minimum absolute atomic E-state index is 0.0227. The Kier molecular flexibility index (Phi) is 6.89. The average molecular weight is 478 g/mol. The van der Waals surface area contributed by atoms with Crippen molar-refractivity contribution in [3.8, 4) is 11.5 Å². The molecule has 0 aromatic heterocycles. The number of aliphatic hydroxyl groups is 1. The molecule has 0 aliphatic carbocycles. The van der Waals surface area contributed by atoms with Gasteiger partial charge in [0.2, 0.25) is 0 Å². The molecule has 1 aliphatic heterocycles. The molecule has 7 heteroatoms. The second kappa shape index (κ2) is 10.0. The van der Waals surface area contributed by atoms with Crippen LogP contribution in [0.2, 0.25) is 5.02 Å². The van der Waals surface area contributed by atoms with Gasteiger partial charge in [0.25, 0.3) is 11.7 Å². The standard InChI is InChI=1S/C27H24ClNO5/c1-3-34-22-6-4-5-19(15-22)25(30)23-24(18-9-11-20(28)12-10-18)29(27(32)26(23)31)16-17-7-13-21(33-2)14-8-17/h4-15,24,30H,3,16H2,1-2H3/b25-23-. The van der Waals surface area contributed by atoms with Crippen molar-refractivity contribution in [2.75, 3.05) is 13.7 Å². The Morgan fingerprint density at radius 3 is 2.35 bits per heavy atom. The van der Waals surface area contributed by atoms with Crippen LogP contribution in [0.5, 0.6) is 11.5 Å². The number of likely N-dealkylation sites (tertiary alicyclic amines) is 1. The lowest BCUT2D eigenvalue weighted by Gasteiger charge is -2.25. The van der Waals surface area contributed by atoms with Crippen molar-refractivity contribution in [2.45, 2.75) is 19.5 Å². The highest BCUT2D eigenvalue weighted by molar-refractivity contribution is 6.46. The van der Waals surface area contributed by atoms with Crippen LogP contribution in [-0.4, -0.2) is 35.4 Å². The Labute approximate surface area is 203 Å². The maximum absolute atomic E-state index is 13.2. The van der Waals surface area contributed by atoms with E-state index in [-0.39, 0.29) is 17.9 Å². The Balaban J connectivity index is 1.81. The van der Waals surface area contributed by atoms with Crippen molar-refractivity contribution in [1.29, 1.82) is 0 Å². The van der Waals surface area contributed by atoms with E-state index in [4.69, 9.17) is 21.1 Å². The van der Waals surface area contributed by atoms with Gasteiger partial charge in [-0.2, -0.15) is 0 Å². The molecule has 0 saturated carbocycles. The van der Waals surface area contributed by atoms with Gasteiger partial charge in [-0.25, -0.2) is 0 Å². The number of amides is 1. The maximum atomic E-state index is 13.2. The fraction of sp³-hybridized carbons (Fsp3) is 0.185. The first-order valence-corrected chi connectivity index (χ1v) is 11.2. The molecule has 1 atom stereocenters. The summed E-state index contributed by atoms with van der Waals surface area (Å²) in [7, 11) is 1.58. The molecule has 1 N–H and O–H groups in total. The average Bonchev–Trinajstić information content (AvgIpc) is 3.10. The van der Waals surface area contributed by atoms with E-state index in [1.807, 2.05) is 19.1 Å². The number of benzene rings is 3. The summed E-state index contributed by atoms with van der Waals surface area (Å²) in [6.07, 6.45) is 0. The molecule has 3 aromatic rings. The summed E-state index contributed by atoms with van der Waals surface area (Å²) in [6.45, 7) is 2.50. The molecule has 34 heavy (non-hydrogen) atoms. The number of rotatable bonds is 7. The van der Waals surface area contributed by atoms with Crippen LogP contribution in [-0.2, 0) is 16.1 Å². The number of nitrogens with zero attached hydrogens (tertiary/aromatic N) is 1. The van der Waals surface area contributed by atoms with Crippen LogP contribution in [0.3, 0.4) is 0 Å². The van der Waals surface area contributed by atoms with E-state index in [9.17, 15) is 14.7 Å².